The Morgan fingerprint density at radius 3 is 3.00 bits per heavy atom. The monoisotopic (exact) mass is 345 g/mol. The average Bonchev–Trinajstić information content (AvgIpc) is 2.77. The van der Waals surface area contributed by atoms with E-state index in [4.69, 9.17) is 11.6 Å². The van der Waals surface area contributed by atoms with Crippen molar-refractivity contribution in [3.05, 3.63) is 21.6 Å². The summed E-state index contributed by atoms with van der Waals surface area (Å²) in [7, 11) is 0. The second-order valence-corrected chi connectivity index (χ2v) is 6.56. The van der Waals surface area contributed by atoms with E-state index in [1.165, 1.54) is 10.8 Å². The Labute approximate surface area is 88.2 Å². The summed E-state index contributed by atoms with van der Waals surface area (Å²) < 4.78 is 2.96. The Kier molecular flexibility index (Phi) is 2.34. The van der Waals surface area contributed by atoms with E-state index in [1.807, 2.05) is 0 Å². The van der Waals surface area contributed by atoms with E-state index >= 15 is 0 Å². The zero-order chi connectivity index (χ0) is 7.84. The average molecular weight is 346 g/mol. The van der Waals surface area contributed by atoms with Gasteiger partial charge in [0, 0.05) is 0 Å². The molecule has 0 N–H and O–H groups in total. The van der Waals surface area contributed by atoms with Crippen molar-refractivity contribution in [1.82, 2.24) is 9.97 Å². The summed E-state index contributed by atoms with van der Waals surface area (Å²) in [6, 6.07) is 0. The van der Waals surface area contributed by atoms with E-state index < -0.39 is 0 Å². The van der Waals surface area contributed by atoms with Crippen LogP contribution in [0, 0.1) is 0 Å². The first-order valence-corrected chi connectivity index (χ1v) is 6.97. The third kappa shape index (κ3) is 1.67. The number of hydrogen-bond acceptors (Lipinski definition) is 2. The van der Waals surface area contributed by atoms with Gasteiger partial charge >= 0.3 is 88.7 Å². The third-order valence-corrected chi connectivity index (χ3v) is 5.03. The Hall–Kier alpha value is 0.580. The Morgan fingerprint density at radius 1 is 1.64 bits per heavy atom. The second-order valence-electron chi connectivity index (χ2n) is 2.14. The molecule has 0 saturated carbocycles. The SMILES string of the molecule is Clc1ncnc(C2C[I-]2)c1Br. The fraction of sp³-hybridized carbons (Fsp3) is 0.333. The topological polar surface area (TPSA) is 25.8 Å². The Balaban J connectivity index is 2.45. The van der Waals surface area contributed by atoms with Crippen molar-refractivity contribution in [2.24, 2.45) is 0 Å². The molecule has 5 heteroatoms. The molecule has 1 aromatic rings. The van der Waals surface area contributed by atoms with Crippen LogP contribution in [-0.4, -0.2) is 14.4 Å². The summed E-state index contributed by atoms with van der Waals surface area (Å²) in [5.41, 5.74) is 1.11. The van der Waals surface area contributed by atoms with Gasteiger partial charge < -0.3 is 0 Å². The molecule has 1 fully saturated rings. The Bertz CT molecular complexity index is 290. The van der Waals surface area contributed by atoms with E-state index in [0.29, 0.717) is 26.4 Å². The fourth-order valence-electron chi connectivity index (χ4n) is 0.770. The molecule has 1 saturated heterocycles. The van der Waals surface area contributed by atoms with Gasteiger partial charge in [-0.1, -0.05) is 0 Å². The number of alkyl halides is 2. The van der Waals surface area contributed by atoms with Gasteiger partial charge in [-0.25, -0.2) is 0 Å². The van der Waals surface area contributed by atoms with Crippen LogP contribution in [0.4, 0.5) is 0 Å². The molecule has 0 radical (unpaired) electrons. The molecule has 1 atom stereocenters. The quantitative estimate of drug-likeness (QED) is 0.372. The normalized spacial score (nSPS) is 22.5. The van der Waals surface area contributed by atoms with E-state index in [1.54, 1.807) is 0 Å². The van der Waals surface area contributed by atoms with E-state index in [-0.39, 0.29) is 0 Å². The molecule has 60 valence electrons. The minimum absolute atomic E-state index is 0.387. The number of aromatic nitrogens is 2. The predicted octanol–water partition coefficient (Wildman–Crippen LogP) is -0.964. The molecule has 11 heavy (non-hydrogen) atoms. The summed E-state index contributed by atoms with van der Waals surface area (Å²) >= 11 is 9.57. The first-order valence-electron chi connectivity index (χ1n) is 3.02. The third-order valence-electron chi connectivity index (χ3n) is 1.38. The molecule has 1 aliphatic heterocycles. The van der Waals surface area contributed by atoms with Crippen LogP contribution >= 0.6 is 27.5 Å². The summed E-state index contributed by atoms with van der Waals surface area (Å²) in [4.78, 5) is 8.06. The predicted molar refractivity (Wildman–Crippen MR) is 42.4 cm³/mol. The molecule has 1 aliphatic rings. The van der Waals surface area contributed by atoms with Gasteiger partial charge in [0.1, 0.15) is 0 Å². The van der Waals surface area contributed by atoms with Crippen LogP contribution in [0.3, 0.4) is 0 Å². The van der Waals surface area contributed by atoms with Crippen LogP contribution in [0.1, 0.15) is 9.62 Å². The molecule has 1 aromatic heterocycles. The maximum atomic E-state index is 5.80. The summed E-state index contributed by atoms with van der Waals surface area (Å²) in [6.45, 7) is 0. The number of nitrogens with zero attached hydrogens (tertiary/aromatic N) is 2. The van der Waals surface area contributed by atoms with Crippen LogP contribution in [0.15, 0.2) is 10.8 Å². The van der Waals surface area contributed by atoms with Crippen LogP contribution in [-0.2, 0) is 0 Å². The van der Waals surface area contributed by atoms with Gasteiger partial charge in [0.05, 0.1) is 0 Å². The van der Waals surface area contributed by atoms with Gasteiger partial charge in [-0.3, -0.25) is 0 Å². The van der Waals surface area contributed by atoms with Gasteiger partial charge in [-0.2, -0.15) is 0 Å². The molecule has 0 aromatic carbocycles. The molecule has 0 amide bonds. The zero-order valence-corrected chi connectivity index (χ0v) is 9.89. The second kappa shape index (κ2) is 3.14. The summed E-state index contributed by atoms with van der Waals surface area (Å²) in [5, 5.41) is 0.533. The zero-order valence-electron chi connectivity index (χ0n) is 5.39. The molecule has 0 spiro atoms. The molecule has 2 nitrogen and oxygen atoms in total. The van der Waals surface area contributed by atoms with Crippen molar-refractivity contribution in [3.63, 3.8) is 0 Å². The van der Waals surface area contributed by atoms with E-state index in [2.05, 4.69) is 25.9 Å². The molecule has 0 aliphatic carbocycles. The number of halogens is 3. The van der Waals surface area contributed by atoms with Gasteiger partial charge in [0.15, 0.2) is 0 Å². The van der Waals surface area contributed by atoms with Crippen molar-refractivity contribution >= 4 is 27.5 Å². The van der Waals surface area contributed by atoms with Crippen molar-refractivity contribution in [3.8, 4) is 0 Å². The van der Waals surface area contributed by atoms with Crippen LogP contribution in [0.5, 0.6) is 0 Å². The molecule has 1 unspecified atom stereocenters. The molecular weight excluding hydrogens is 342 g/mol. The van der Waals surface area contributed by atoms with Crippen molar-refractivity contribution in [2.75, 3.05) is 4.43 Å². The standard InChI is InChI=1S/C6H4BrClIN2/c7-4-5(3-1-9-3)10-2-11-6(4)8/h2-3H,1H2/q-1. The van der Waals surface area contributed by atoms with Crippen molar-refractivity contribution in [2.45, 2.75) is 3.92 Å². The van der Waals surface area contributed by atoms with Crippen molar-refractivity contribution < 1.29 is 21.2 Å². The molecule has 2 rings (SSSR count). The van der Waals surface area contributed by atoms with Crippen LogP contribution < -0.4 is 21.2 Å². The van der Waals surface area contributed by atoms with E-state index in [9.17, 15) is 0 Å². The van der Waals surface area contributed by atoms with Gasteiger partial charge in [0.25, 0.3) is 0 Å². The van der Waals surface area contributed by atoms with Crippen LogP contribution in [0.2, 0.25) is 5.15 Å². The maximum absolute atomic E-state index is 5.80. The molecule has 2 heterocycles. The van der Waals surface area contributed by atoms with Gasteiger partial charge in [0.2, 0.25) is 0 Å². The minimum atomic E-state index is 0.387. The first kappa shape index (κ1) is 8.19. The fourth-order valence-corrected chi connectivity index (χ4v) is 3.38. The molecular formula is C6H4BrClIN2-. The number of rotatable bonds is 1. The van der Waals surface area contributed by atoms with Crippen LogP contribution in [0.25, 0.3) is 0 Å². The van der Waals surface area contributed by atoms with Gasteiger partial charge in [-0.15, -0.1) is 0 Å². The number of hydrogen-bond donors (Lipinski definition) is 0. The van der Waals surface area contributed by atoms with Gasteiger partial charge in [-0.05, 0) is 0 Å². The summed E-state index contributed by atoms with van der Waals surface area (Å²) in [5.74, 6) is 0. The van der Waals surface area contributed by atoms with E-state index in [0.717, 1.165) is 14.1 Å². The first-order chi connectivity index (χ1) is 5.29. The summed E-state index contributed by atoms with van der Waals surface area (Å²) in [6.07, 6.45) is 1.53. The molecule has 0 bridgehead atoms. The van der Waals surface area contributed by atoms with Crippen molar-refractivity contribution in [1.29, 1.82) is 0 Å². The Morgan fingerprint density at radius 2 is 2.36 bits per heavy atom.